The topological polar surface area (TPSA) is 84.7 Å². The van der Waals surface area contributed by atoms with Gasteiger partial charge in [0.15, 0.2) is 11.5 Å². The molecule has 1 aliphatic heterocycles. The monoisotopic (exact) mass is 433 g/mol. The van der Waals surface area contributed by atoms with E-state index in [2.05, 4.69) is 15.4 Å². The molecule has 7 nitrogen and oxygen atoms in total. The molecule has 4 rings (SSSR count). The fourth-order valence-electron chi connectivity index (χ4n) is 4.58. The lowest BCUT2D eigenvalue weighted by Crippen LogP contribution is -2.55. The van der Waals surface area contributed by atoms with Crippen molar-refractivity contribution in [2.45, 2.75) is 44.2 Å². The second-order valence-electron chi connectivity index (χ2n) is 8.13. The number of aromatic nitrogens is 1. The first-order valence-electron chi connectivity index (χ1n) is 10.5. The number of esters is 1. The van der Waals surface area contributed by atoms with Gasteiger partial charge in [-0.1, -0.05) is 18.0 Å². The van der Waals surface area contributed by atoms with Crippen LogP contribution in [-0.4, -0.2) is 54.2 Å². The van der Waals surface area contributed by atoms with E-state index in [1.807, 2.05) is 0 Å². The van der Waals surface area contributed by atoms with Gasteiger partial charge in [0.05, 0.1) is 18.6 Å². The second kappa shape index (κ2) is 9.13. The summed E-state index contributed by atoms with van der Waals surface area (Å²) in [6.07, 6.45) is 5.28. The van der Waals surface area contributed by atoms with E-state index in [0.29, 0.717) is 19.0 Å². The number of benzene rings is 1. The van der Waals surface area contributed by atoms with Crippen LogP contribution in [0.4, 0.5) is 8.78 Å². The summed E-state index contributed by atoms with van der Waals surface area (Å²) in [6, 6.07) is 4.43. The zero-order valence-corrected chi connectivity index (χ0v) is 17.3. The van der Waals surface area contributed by atoms with Crippen LogP contribution >= 0.6 is 0 Å². The van der Waals surface area contributed by atoms with Crippen molar-refractivity contribution in [3.05, 3.63) is 41.6 Å². The number of likely N-dealkylation sites (tertiary alicyclic amines) is 1. The second-order valence-corrected chi connectivity index (χ2v) is 8.13. The van der Waals surface area contributed by atoms with Crippen LogP contribution in [0.25, 0.3) is 11.3 Å². The van der Waals surface area contributed by atoms with Crippen molar-refractivity contribution in [2.75, 3.05) is 20.2 Å². The van der Waals surface area contributed by atoms with Crippen LogP contribution in [0.5, 0.6) is 0 Å². The molecule has 1 aliphatic carbocycles. The molecule has 1 saturated heterocycles. The van der Waals surface area contributed by atoms with E-state index in [-0.39, 0.29) is 23.0 Å². The Morgan fingerprint density at radius 3 is 2.68 bits per heavy atom. The number of piperidine rings is 1. The number of rotatable bonds is 5. The Morgan fingerprint density at radius 1 is 1.19 bits per heavy atom. The third kappa shape index (κ3) is 4.61. The van der Waals surface area contributed by atoms with Crippen LogP contribution in [0.1, 0.15) is 42.6 Å². The van der Waals surface area contributed by atoms with Gasteiger partial charge in [0.25, 0.3) is 5.91 Å². The molecule has 31 heavy (non-hydrogen) atoms. The molecule has 2 aliphatic rings. The normalized spacial score (nSPS) is 22.4. The Balaban J connectivity index is 1.45. The Morgan fingerprint density at radius 2 is 1.97 bits per heavy atom. The number of hydrogen-bond donors (Lipinski definition) is 1. The maximum absolute atomic E-state index is 14.0. The summed E-state index contributed by atoms with van der Waals surface area (Å²) >= 11 is 0. The Kier molecular flexibility index (Phi) is 6.31. The number of nitrogens with one attached hydrogen (secondary N) is 1. The van der Waals surface area contributed by atoms with E-state index in [0.717, 1.165) is 31.5 Å². The number of methoxy groups -OCH3 is 1. The number of halogens is 2. The molecule has 0 unspecified atom stereocenters. The molecule has 1 aromatic carbocycles. The maximum Gasteiger partial charge on any atom is 0.312 e. The highest BCUT2D eigenvalue weighted by Gasteiger charge is 2.39. The van der Waals surface area contributed by atoms with E-state index in [1.54, 1.807) is 0 Å². The summed E-state index contributed by atoms with van der Waals surface area (Å²) in [5.74, 6) is -2.87. The lowest BCUT2D eigenvalue weighted by atomic mass is 9.90. The van der Waals surface area contributed by atoms with Gasteiger partial charge in [-0.25, -0.2) is 8.78 Å². The predicted octanol–water partition coefficient (Wildman–Crippen LogP) is 3.16. The lowest BCUT2D eigenvalue weighted by Gasteiger charge is -2.40. The van der Waals surface area contributed by atoms with Crippen molar-refractivity contribution in [2.24, 2.45) is 5.92 Å². The van der Waals surface area contributed by atoms with Gasteiger partial charge in [-0.3, -0.25) is 14.5 Å². The SMILES string of the molecule is COC(=O)[C@@H]1CN(C2CCCC2)CC[C@H]1NC(=O)c1cc(-c2ccc(F)cc2F)on1. The van der Waals surface area contributed by atoms with Crippen LogP contribution in [0.2, 0.25) is 0 Å². The van der Waals surface area contributed by atoms with Gasteiger partial charge in [-0.2, -0.15) is 0 Å². The summed E-state index contributed by atoms with van der Waals surface area (Å²) in [4.78, 5) is 27.5. The first-order valence-corrected chi connectivity index (χ1v) is 10.5. The quantitative estimate of drug-likeness (QED) is 0.730. The molecule has 2 fully saturated rings. The molecular formula is C22H25F2N3O4. The lowest BCUT2D eigenvalue weighted by molar-refractivity contribution is -0.148. The van der Waals surface area contributed by atoms with Gasteiger partial charge in [0.2, 0.25) is 0 Å². The van der Waals surface area contributed by atoms with Crippen LogP contribution < -0.4 is 5.32 Å². The largest absolute Gasteiger partial charge is 0.469 e. The van der Waals surface area contributed by atoms with Gasteiger partial charge in [-0.15, -0.1) is 0 Å². The fraction of sp³-hybridized carbons (Fsp3) is 0.500. The molecule has 2 heterocycles. The zero-order chi connectivity index (χ0) is 22.0. The van der Waals surface area contributed by atoms with Crippen molar-refractivity contribution in [3.63, 3.8) is 0 Å². The van der Waals surface area contributed by atoms with Crippen LogP contribution in [0, 0.1) is 17.6 Å². The zero-order valence-electron chi connectivity index (χ0n) is 17.3. The average molecular weight is 433 g/mol. The number of hydrogen-bond acceptors (Lipinski definition) is 6. The molecule has 166 valence electrons. The summed E-state index contributed by atoms with van der Waals surface area (Å²) in [7, 11) is 1.34. The summed E-state index contributed by atoms with van der Waals surface area (Å²) in [5.41, 5.74) is -0.0363. The molecule has 0 bridgehead atoms. The number of carbonyl (C=O) groups is 2. The van der Waals surface area contributed by atoms with Gasteiger partial charge in [0, 0.05) is 37.3 Å². The van der Waals surface area contributed by atoms with Crippen molar-refractivity contribution in [1.29, 1.82) is 0 Å². The minimum atomic E-state index is -0.812. The van der Waals surface area contributed by atoms with Gasteiger partial charge in [-0.05, 0) is 31.4 Å². The first-order chi connectivity index (χ1) is 15.0. The van der Waals surface area contributed by atoms with Gasteiger partial charge in [0.1, 0.15) is 11.6 Å². The summed E-state index contributed by atoms with van der Waals surface area (Å²) < 4.78 is 37.2. The molecule has 1 saturated carbocycles. The standard InChI is InChI=1S/C22H25F2N3O4/c1-30-22(29)16-12-27(14-4-2-3-5-14)9-8-18(16)25-21(28)19-11-20(31-26-19)15-7-6-13(23)10-17(15)24/h6-7,10-11,14,16,18H,2-5,8-9,12H2,1H3,(H,25,28)/t16-,18-/m1/s1. The first kappa shape index (κ1) is 21.4. The van der Waals surface area contributed by atoms with Crippen molar-refractivity contribution in [1.82, 2.24) is 15.4 Å². The minimum Gasteiger partial charge on any atom is -0.469 e. The maximum atomic E-state index is 14.0. The third-order valence-corrected chi connectivity index (χ3v) is 6.25. The molecule has 1 N–H and O–H groups in total. The Labute approximate surface area is 178 Å². The highest BCUT2D eigenvalue weighted by Crippen LogP contribution is 2.29. The van der Waals surface area contributed by atoms with E-state index in [9.17, 15) is 18.4 Å². The molecule has 0 radical (unpaired) electrons. The van der Waals surface area contributed by atoms with Gasteiger partial charge < -0.3 is 14.6 Å². The molecule has 2 aromatic rings. The minimum absolute atomic E-state index is 0.00487. The summed E-state index contributed by atoms with van der Waals surface area (Å²) in [5, 5.41) is 6.57. The van der Waals surface area contributed by atoms with Crippen LogP contribution in [0.3, 0.4) is 0 Å². The number of ether oxygens (including phenoxy) is 1. The summed E-state index contributed by atoms with van der Waals surface area (Å²) in [6.45, 7) is 1.32. The van der Waals surface area contributed by atoms with Crippen molar-refractivity contribution >= 4 is 11.9 Å². The third-order valence-electron chi connectivity index (χ3n) is 6.25. The molecule has 2 atom stereocenters. The van der Waals surface area contributed by atoms with Crippen LogP contribution in [-0.2, 0) is 9.53 Å². The Bertz CT molecular complexity index is 958. The van der Waals surface area contributed by atoms with E-state index in [1.165, 1.54) is 32.1 Å². The fourth-order valence-corrected chi connectivity index (χ4v) is 4.58. The Hall–Kier alpha value is -2.81. The highest BCUT2D eigenvalue weighted by molar-refractivity contribution is 5.93. The number of nitrogens with zero attached hydrogens (tertiary/aromatic N) is 2. The van der Waals surface area contributed by atoms with E-state index >= 15 is 0 Å². The molecule has 1 aromatic heterocycles. The molecular weight excluding hydrogens is 408 g/mol. The average Bonchev–Trinajstić information content (AvgIpc) is 3.46. The molecule has 0 spiro atoms. The van der Waals surface area contributed by atoms with E-state index < -0.39 is 29.5 Å². The predicted molar refractivity (Wildman–Crippen MR) is 107 cm³/mol. The van der Waals surface area contributed by atoms with Crippen molar-refractivity contribution < 1.29 is 27.6 Å². The van der Waals surface area contributed by atoms with Crippen LogP contribution in [0.15, 0.2) is 28.8 Å². The number of amides is 1. The molecule has 1 amide bonds. The highest BCUT2D eigenvalue weighted by atomic mass is 19.1. The van der Waals surface area contributed by atoms with E-state index in [4.69, 9.17) is 9.26 Å². The molecule has 9 heteroatoms. The smallest absolute Gasteiger partial charge is 0.312 e. The van der Waals surface area contributed by atoms with Gasteiger partial charge >= 0.3 is 5.97 Å². The number of carbonyl (C=O) groups excluding carboxylic acids is 2. The van der Waals surface area contributed by atoms with Crippen molar-refractivity contribution in [3.8, 4) is 11.3 Å².